The van der Waals surface area contributed by atoms with Gasteiger partial charge in [-0.25, -0.2) is 0 Å². The van der Waals surface area contributed by atoms with E-state index in [1.54, 1.807) is 22.7 Å². The molecule has 46 heavy (non-hydrogen) atoms. The first-order valence-corrected chi connectivity index (χ1v) is 19.5. The summed E-state index contributed by atoms with van der Waals surface area (Å²) in [7, 11) is 0. The highest BCUT2D eigenvalue weighted by Crippen LogP contribution is 2.15. The van der Waals surface area contributed by atoms with Gasteiger partial charge in [0.1, 0.15) is 13.1 Å². The molecule has 266 valence electrons. The Morgan fingerprint density at radius 1 is 0.565 bits per heavy atom. The lowest BCUT2D eigenvalue weighted by Crippen LogP contribution is -3.00. The maximum Gasteiger partial charge on any atom is 0.306 e. The van der Waals surface area contributed by atoms with Gasteiger partial charge in [0.15, 0.2) is 11.4 Å². The number of hydrogen-bond donors (Lipinski definition) is 0. The second-order valence-corrected chi connectivity index (χ2v) is 14.1. The summed E-state index contributed by atoms with van der Waals surface area (Å²) in [5.74, 6) is -0.668. The fourth-order valence-corrected chi connectivity index (χ4v) is 7.53. The topological polar surface area (TPSA) is 60.4 Å². The zero-order chi connectivity index (χ0) is 31.8. The van der Waals surface area contributed by atoms with E-state index in [0.29, 0.717) is 13.2 Å². The highest BCUT2D eigenvalue weighted by Gasteiger charge is 2.17. The van der Waals surface area contributed by atoms with E-state index in [1.807, 2.05) is 0 Å². The Labute approximate surface area is 322 Å². The van der Waals surface area contributed by atoms with Crippen molar-refractivity contribution in [3.63, 3.8) is 0 Å². The van der Waals surface area contributed by atoms with E-state index < -0.39 is 0 Å². The fraction of sp³-hybridized carbons (Fsp3) is 0.778. The van der Waals surface area contributed by atoms with Crippen molar-refractivity contribution in [2.75, 3.05) is 13.2 Å². The lowest BCUT2D eigenvalue weighted by Gasteiger charge is -2.05. The molecule has 0 unspecified atom stereocenters. The minimum atomic E-state index is -0.334. The number of carbonyl (C=O) groups excluding carboxylic acids is 2. The number of thiazole rings is 2. The van der Waals surface area contributed by atoms with Gasteiger partial charge in [0, 0.05) is 39.5 Å². The number of halogens is 2. The van der Waals surface area contributed by atoms with Crippen molar-refractivity contribution < 1.29 is 76.2 Å². The summed E-state index contributed by atoms with van der Waals surface area (Å²) in [6.45, 7) is 11.7. The van der Waals surface area contributed by atoms with Gasteiger partial charge in [-0.15, -0.1) is 0 Å². The van der Waals surface area contributed by atoms with Crippen LogP contribution in [0.25, 0.3) is 0 Å². The van der Waals surface area contributed by atoms with Crippen LogP contribution in [0.4, 0.5) is 0 Å². The van der Waals surface area contributed by atoms with Crippen molar-refractivity contribution in [3.8, 4) is 0 Å². The third-order valence-electron chi connectivity index (χ3n) is 8.54. The first-order valence-electron chi connectivity index (χ1n) is 17.7. The molecule has 0 amide bonds. The minimum Gasteiger partial charge on any atom is -1.00 e. The molecule has 2 rings (SSSR count). The second-order valence-electron chi connectivity index (χ2n) is 12.2. The van der Waals surface area contributed by atoms with Crippen molar-refractivity contribution in [1.29, 1.82) is 0 Å². The predicted octanol–water partition coefficient (Wildman–Crippen LogP) is 2.94. The Hall–Kier alpha value is -0.340. The molecule has 0 bridgehead atoms. The quantitative estimate of drug-likeness (QED) is 0.0600. The average Bonchev–Trinajstić information content (AvgIpc) is 3.55. The van der Waals surface area contributed by atoms with Gasteiger partial charge in [0.25, 0.3) is 0 Å². The smallest absolute Gasteiger partial charge is 0.306 e. The van der Waals surface area contributed by atoms with Gasteiger partial charge in [0.2, 0.25) is 11.0 Å². The lowest BCUT2D eigenvalue weighted by atomic mass is 10.1. The number of nitrogens with zero attached hydrogens (tertiary/aromatic N) is 2. The Balaban J connectivity index is 0.0000101. The number of hydrogen-bond acceptors (Lipinski definition) is 6. The molecule has 0 saturated heterocycles. The molecule has 0 radical (unpaired) electrons. The molecule has 0 fully saturated rings. The van der Waals surface area contributed by atoms with E-state index in [2.05, 4.69) is 47.9 Å². The Morgan fingerprint density at radius 3 is 1.24 bits per heavy atom. The van der Waals surface area contributed by atoms with Crippen LogP contribution in [0.5, 0.6) is 0 Å². The molecular formula is C36H62I2N2O4S2. The summed E-state index contributed by atoms with van der Waals surface area (Å²) in [6, 6.07) is 0. The highest BCUT2D eigenvalue weighted by molar-refractivity contribution is 7.09. The zero-order valence-corrected chi connectivity index (χ0v) is 35.2. The first kappa shape index (κ1) is 45.7. The monoisotopic (exact) mass is 904 g/mol. The van der Waals surface area contributed by atoms with Gasteiger partial charge in [-0.05, 0) is 12.8 Å². The molecule has 10 heteroatoms. The van der Waals surface area contributed by atoms with E-state index in [-0.39, 0.29) is 72.7 Å². The number of unbranched alkanes of at least 4 members (excludes halogenated alkanes) is 14. The molecule has 2 aromatic heterocycles. The van der Waals surface area contributed by atoms with Crippen LogP contribution < -0.4 is 57.1 Å². The Kier molecular flexibility index (Phi) is 29.3. The van der Waals surface area contributed by atoms with Crippen LogP contribution in [-0.4, -0.2) is 25.2 Å². The summed E-state index contributed by atoms with van der Waals surface area (Å²) < 4.78 is 15.5. The SMILES string of the molecule is CCCCCCCCCC[n+]1csc(CCOC(=O)CCC(=O)OCCc2sc[n+](CCCCCCCCCC)c2C)c1C.[I-].[I-]. The molecule has 2 aromatic rings. The van der Waals surface area contributed by atoms with Crippen LogP contribution >= 0.6 is 22.7 Å². The fourth-order valence-electron chi connectivity index (χ4n) is 5.52. The summed E-state index contributed by atoms with van der Waals surface area (Å²) in [5.41, 5.74) is 6.94. The zero-order valence-electron chi connectivity index (χ0n) is 29.2. The number of aromatic nitrogens is 2. The van der Waals surface area contributed by atoms with Crippen molar-refractivity contribution in [2.45, 2.75) is 169 Å². The summed E-state index contributed by atoms with van der Waals surface area (Å²) in [5, 5.41) is 0. The third kappa shape index (κ3) is 20.2. The number of esters is 2. The Morgan fingerprint density at radius 2 is 0.891 bits per heavy atom. The molecule has 0 aromatic carbocycles. The second kappa shape index (κ2) is 29.6. The van der Waals surface area contributed by atoms with Gasteiger partial charge in [-0.2, -0.15) is 9.13 Å². The van der Waals surface area contributed by atoms with Gasteiger partial charge >= 0.3 is 11.9 Å². The van der Waals surface area contributed by atoms with Crippen LogP contribution in [0.3, 0.4) is 0 Å². The van der Waals surface area contributed by atoms with Crippen molar-refractivity contribution in [2.24, 2.45) is 0 Å². The predicted molar refractivity (Wildman–Crippen MR) is 182 cm³/mol. The maximum atomic E-state index is 12.2. The van der Waals surface area contributed by atoms with Crippen LogP contribution in [0.2, 0.25) is 0 Å². The molecule has 6 nitrogen and oxygen atoms in total. The highest BCUT2D eigenvalue weighted by atomic mass is 127. The van der Waals surface area contributed by atoms with E-state index in [1.165, 1.54) is 124 Å². The van der Waals surface area contributed by atoms with Crippen LogP contribution in [-0.2, 0) is 45.0 Å². The summed E-state index contributed by atoms with van der Waals surface area (Å²) in [6.07, 6.45) is 22.8. The molecule has 0 aliphatic heterocycles. The molecule has 0 atom stereocenters. The molecule has 0 N–H and O–H groups in total. The molecule has 2 heterocycles. The van der Waals surface area contributed by atoms with E-state index in [9.17, 15) is 9.59 Å². The van der Waals surface area contributed by atoms with E-state index in [0.717, 1.165) is 25.9 Å². The van der Waals surface area contributed by atoms with Crippen molar-refractivity contribution in [3.05, 3.63) is 32.2 Å². The molecule has 0 aliphatic carbocycles. The molecule has 0 aliphatic rings. The number of carbonyl (C=O) groups is 2. The minimum absolute atomic E-state index is 0. The van der Waals surface area contributed by atoms with Crippen LogP contribution in [0, 0.1) is 13.8 Å². The third-order valence-corrected chi connectivity index (χ3v) is 10.8. The van der Waals surface area contributed by atoms with Gasteiger partial charge in [-0.3, -0.25) is 9.59 Å². The number of rotatable bonds is 27. The Bertz CT molecular complexity index is 979. The summed E-state index contributed by atoms with van der Waals surface area (Å²) in [4.78, 5) is 26.9. The van der Waals surface area contributed by atoms with E-state index >= 15 is 0 Å². The number of aryl methyl sites for hydroxylation is 2. The standard InChI is InChI=1S/C36H62N2O4S2.2HI/c1-5-7-9-11-13-15-17-19-25-37-29-43-33(31(37)3)23-27-41-35(39)21-22-36(40)42-28-24-34-32(4)38(30-44-34)26-20-18-16-14-12-10-8-6-2;;/h29-30H,5-28H2,1-4H3;2*1H/q+2;;/p-2. The van der Waals surface area contributed by atoms with Crippen LogP contribution in [0.15, 0.2) is 11.0 Å². The maximum absolute atomic E-state index is 12.2. The average molecular weight is 905 g/mol. The van der Waals surface area contributed by atoms with Crippen molar-refractivity contribution in [1.82, 2.24) is 0 Å². The van der Waals surface area contributed by atoms with Gasteiger partial charge in [-0.1, -0.05) is 114 Å². The van der Waals surface area contributed by atoms with Gasteiger partial charge < -0.3 is 57.4 Å². The van der Waals surface area contributed by atoms with E-state index in [4.69, 9.17) is 9.47 Å². The molecular weight excluding hydrogens is 842 g/mol. The normalized spacial score (nSPS) is 10.8. The molecule has 0 saturated carbocycles. The van der Waals surface area contributed by atoms with Crippen LogP contribution in [0.1, 0.15) is 151 Å². The van der Waals surface area contributed by atoms with Crippen molar-refractivity contribution >= 4 is 34.6 Å². The lowest BCUT2D eigenvalue weighted by molar-refractivity contribution is -0.698. The first-order chi connectivity index (χ1) is 21.5. The largest absolute Gasteiger partial charge is 1.00 e. The van der Waals surface area contributed by atoms with Gasteiger partial charge in [0.05, 0.1) is 35.8 Å². The number of ether oxygens (including phenoxy) is 2. The molecule has 0 spiro atoms. The summed E-state index contributed by atoms with van der Waals surface area (Å²) >= 11 is 3.48.